The van der Waals surface area contributed by atoms with E-state index in [1.54, 1.807) is 11.8 Å². The maximum absolute atomic E-state index is 12.1. The highest BCUT2D eigenvalue weighted by atomic mass is 32.2. The van der Waals surface area contributed by atoms with E-state index in [0.29, 0.717) is 19.3 Å². The fraction of sp³-hybridized carbons (Fsp3) is 0.833. The zero-order valence-corrected chi connectivity index (χ0v) is 11.3. The predicted molar refractivity (Wildman–Crippen MR) is 68.6 cm³/mol. The lowest BCUT2D eigenvalue weighted by Gasteiger charge is -2.34. The number of carbonyl (C=O) groups is 2. The van der Waals surface area contributed by atoms with Crippen LogP contribution >= 0.6 is 11.8 Å². The van der Waals surface area contributed by atoms with Crippen LogP contribution in [0.4, 0.5) is 0 Å². The number of amides is 1. The lowest BCUT2D eigenvalue weighted by molar-refractivity contribution is -0.150. The Morgan fingerprint density at radius 1 is 1.33 bits per heavy atom. The molecule has 2 atom stereocenters. The normalized spacial score (nSPS) is 30.9. The molecule has 2 aliphatic heterocycles. The Morgan fingerprint density at radius 3 is 2.50 bits per heavy atom. The highest BCUT2D eigenvalue weighted by molar-refractivity contribution is 7.99. The van der Waals surface area contributed by atoms with Gasteiger partial charge in [-0.2, -0.15) is 11.8 Å². The van der Waals surface area contributed by atoms with Gasteiger partial charge in [-0.25, -0.2) is 4.79 Å². The molecule has 2 fully saturated rings. The number of carbonyl (C=O) groups excluding carboxylic acids is 1. The van der Waals surface area contributed by atoms with Crippen molar-refractivity contribution in [2.24, 2.45) is 0 Å². The number of rotatable bonds is 3. The van der Waals surface area contributed by atoms with E-state index in [0.717, 1.165) is 17.9 Å². The van der Waals surface area contributed by atoms with Crippen molar-refractivity contribution in [1.29, 1.82) is 0 Å². The number of carboxylic acid groups (broad SMARTS) is 1. The molecule has 2 saturated heterocycles. The van der Waals surface area contributed by atoms with Gasteiger partial charge >= 0.3 is 5.97 Å². The largest absolute Gasteiger partial charge is 0.480 e. The highest BCUT2D eigenvalue weighted by Crippen LogP contribution is 2.28. The maximum Gasteiger partial charge on any atom is 0.329 e. The van der Waals surface area contributed by atoms with E-state index in [4.69, 9.17) is 4.74 Å². The molecule has 0 aromatic rings. The van der Waals surface area contributed by atoms with E-state index >= 15 is 0 Å². The van der Waals surface area contributed by atoms with Crippen LogP contribution in [0, 0.1) is 0 Å². The fourth-order valence-corrected chi connectivity index (χ4v) is 3.61. The lowest BCUT2D eigenvalue weighted by Crippen LogP contribution is -2.58. The van der Waals surface area contributed by atoms with Gasteiger partial charge in [0.15, 0.2) is 0 Å². The Balaban J connectivity index is 2.00. The molecule has 1 amide bonds. The average molecular weight is 273 g/mol. The zero-order valence-electron chi connectivity index (χ0n) is 10.5. The number of hydrogen-bond donors (Lipinski definition) is 2. The van der Waals surface area contributed by atoms with Gasteiger partial charge in [-0.1, -0.05) is 0 Å². The Kier molecular flexibility index (Phi) is 4.17. The predicted octanol–water partition coefficient (Wildman–Crippen LogP) is 1.02. The van der Waals surface area contributed by atoms with Crippen molar-refractivity contribution >= 4 is 23.6 Å². The van der Waals surface area contributed by atoms with Crippen LogP contribution in [0.2, 0.25) is 0 Å². The number of ether oxygens (including phenoxy) is 1. The Morgan fingerprint density at radius 2 is 2.00 bits per heavy atom. The molecule has 102 valence electrons. The summed E-state index contributed by atoms with van der Waals surface area (Å²) in [5.74, 6) is 0.346. The molecule has 2 aliphatic rings. The summed E-state index contributed by atoms with van der Waals surface area (Å²) in [7, 11) is 0. The highest BCUT2D eigenvalue weighted by Gasteiger charge is 2.43. The molecule has 2 heterocycles. The summed E-state index contributed by atoms with van der Waals surface area (Å²) in [6.07, 6.45) is 2.11. The molecule has 2 unspecified atom stereocenters. The third kappa shape index (κ3) is 2.80. The molecule has 5 nitrogen and oxygen atoms in total. The van der Waals surface area contributed by atoms with Crippen molar-refractivity contribution in [3.8, 4) is 0 Å². The van der Waals surface area contributed by atoms with Crippen molar-refractivity contribution in [2.45, 2.75) is 50.4 Å². The molecule has 0 saturated carbocycles. The van der Waals surface area contributed by atoms with Crippen LogP contribution in [0.3, 0.4) is 0 Å². The molecule has 18 heavy (non-hydrogen) atoms. The van der Waals surface area contributed by atoms with Crippen LogP contribution in [0.1, 0.15) is 32.6 Å². The molecule has 6 heteroatoms. The summed E-state index contributed by atoms with van der Waals surface area (Å²) < 4.78 is 5.48. The van der Waals surface area contributed by atoms with E-state index in [1.807, 2.05) is 6.92 Å². The second kappa shape index (κ2) is 5.48. The molecule has 0 radical (unpaired) electrons. The summed E-state index contributed by atoms with van der Waals surface area (Å²) in [5, 5.41) is 12.1. The minimum Gasteiger partial charge on any atom is -0.480 e. The van der Waals surface area contributed by atoms with Crippen molar-refractivity contribution in [3.63, 3.8) is 0 Å². The van der Waals surface area contributed by atoms with Crippen molar-refractivity contribution < 1.29 is 19.4 Å². The van der Waals surface area contributed by atoms with Gasteiger partial charge in [0, 0.05) is 0 Å². The SMILES string of the molecule is CC1CCC(C(=O)NC2(C(=O)O)CCSCC2)O1. The number of hydrogen-bond acceptors (Lipinski definition) is 4. The lowest BCUT2D eigenvalue weighted by atomic mass is 9.92. The van der Waals surface area contributed by atoms with Crippen LogP contribution in [0.5, 0.6) is 0 Å². The van der Waals surface area contributed by atoms with Crippen LogP contribution in [-0.2, 0) is 14.3 Å². The van der Waals surface area contributed by atoms with Gasteiger partial charge in [0.25, 0.3) is 0 Å². The molecule has 0 bridgehead atoms. The van der Waals surface area contributed by atoms with Crippen LogP contribution in [0.15, 0.2) is 0 Å². The summed E-state index contributed by atoms with van der Waals surface area (Å²) in [6.45, 7) is 1.93. The molecule has 0 aromatic heterocycles. The van der Waals surface area contributed by atoms with Gasteiger partial charge < -0.3 is 15.2 Å². The third-order valence-electron chi connectivity index (χ3n) is 3.64. The quantitative estimate of drug-likeness (QED) is 0.803. The number of thioether (sulfide) groups is 1. The number of aliphatic carboxylic acids is 1. The Bertz CT molecular complexity index is 341. The second-order valence-corrected chi connectivity index (χ2v) is 6.23. The third-order valence-corrected chi connectivity index (χ3v) is 4.63. The van der Waals surface area contributed by atoms with Crippen molar-refractivity contribution in [3.05, 3.63) is 0 Å². The standard InChI is InChI=1S/C12H19NO4S/c1-8-2-3-9(17-8)10(14)13-12(11(15)16)4-6-18-7-5-12/h8-9H,2-7H2,1H3,(H,13,14)(H,15,16). The zero-order chi connectivity index (χ0) is 13.2. The van der Waals surface area contributed by atoms with Gasteiger partial charge in [-0.3, -0.25) is 4.79 Å². The minimum atomic E-state index is -1.09. The Hall–Kier alpha value is -0.750. The van der Waals surface area contributed by atoms with E-state index < -0.39 is 17.6 Å². The van der Waals surface area contributed by atoms with E-state index in [1.165, 1.54) is 0 Å². The summed E-state index contributed by atoms with van der Waals surface area (Å²) in [6, 6.07) is 0. The molecular formula is C12H19NO4S. The van der Waals surface area contributed by atoms with E-state index in [9.17, 15) is 14.7 Å². The first-order valence-electron chi connectivity index (χ1n) is 6.32. The van der Waals surface area contributed by atoms with Crippen LogP contribution in [0.25, 0.3) is 0 Å². The van der Waals surface area contributed by atoms with Gasteiger partial charge in [-0.15, -0.1) is 0 Å². The number of carboxylic acids is 1. The fourth-order valence-electron chi connectivity index (χ4n) is 2.42. The van der Waals surface area contributed by atoms with Gasteiger partial charge in [0.05, 0.1) is 6.10 Å². The van der Waals surface area contributed by atoms with Gasteiger partial charge in [-0.05, 0) is 44.1 Å². The van der Waals surface area contributed by atoms with Crippen molar-refractivity contribution in [2.75, 3.05) is 11.5 Å². The first-order valence-corrected chi connectivity index (χ1v) is 7.47. The van der Waals surface area contributed by atoms with Crippen LogP contribution < -0.4 is 5.32 Å². The smallest absolute Gasteiger partial charge is 0.329 e. The first-order chi connectivity index (χ1) is 8.53. The molecule has 0 aromatic carbocycles. The summed E-state index contributed by atoms with van der Waals surface area (Å²) >= 11 is 1.73. The van der Waals surface area contributed by atoms with Crippen LogP contribution in [-0.4, -0.2) is 46.2 Å². The molecule has 0 spiro atoms. The van der Waals surface area contributed by atoms with E-state index in [-0.39, 0.29) is 12.0 Å². The summed E-state index contributed by atoms with van der Waals surface area (Å²) in [4.78, 5) is 23.5. The van der Waals surface area contributed by atoms with Gasteiger partial charge in [0.1, 0.15) is 11.6 Å². The van der Waals surface area contributed by atoms with Crippen molar-refractivity contribution in [1.82, 2.24) is 5.32 Å². The number of nitrogens with one attached hydrogen (secondary N) is 1. The van der Waals surface area contributed by atoms with E-state index in [2.05, 4.69) is 5.32 Å². The average Bonchev–Trinajstić information content (AvgIpc) is 2.77. The maximum atomic E-state index is 12.1. The minimum absolute atomic E-state index is 0.0865. The van der Waals surface area contributed by atoms with Gasteiger partial charge in [0.2, 0.25) is 5.91 Å². The monoisotopic (exact) mass is 273 g/mol. The molecular weight excluding hydrogens is 254 g/mol. The topological polar surface area (TPSA) is 75.6 Å². The molecule has 2 N–H and O–H groups in total. The summed E-state index contributed by atoms with van der Waals surface area (Å²) in [5.41, 5.74) is -1.09. The molecule has 2 rings (SSSR count). The first kappa shape index (κ1) is 13.7. The second-order valence-electron chi connectivity index (χ2n) is 5.00. The Labute approximate surface area is 111 Å². The molecule has 0 aliphatic carbocycles.